The monoisotopic (exact) mass is 356 g/mol. The molecular weight excluding hydrogens is 336 g/mol. The number of urea groups is 1. The van der Waals surface area contributed by atoms with Gasteiger partial charge in [-0.1, -0.05) is 29.8 Å². The second-order valence-electron chi connectivity index (χ2n) is 6.69. The third-order valence-corrected chi connectivity index (χ3v) is 4.85. The van der Waals surface area contributed by atoms with Crippen molar-refractivity contribution in [2.75, 3.05) is 0 Å². The molecule has 1 saturated heterocycles. The predicted octanol–water partition coefficient (Wildman–Crippen LogP) is 0.360. The summed E-state index contributed by atoms with van der Waals surface area (Å²) >= 11 is 0. The van der Waals surface area contributed by atoms with Gasteiger partial charge in [-0.25, -0.2) is 9.59 Å². The van der Waals surface area contributed by atoms with Crippen LogP contribution in [0.25, 0.3) is 0 Å². The van der Waals surface area contributed by atoms with Crippen LogP contribution in [-0.4, -0.2) is 26.0 Å². The summed E-state index contributed by atoms with van der Waals surface area (Å²) in [5.74, 6) is -0.431. The van der Waals surface area contributed by atoms with Crippen LogP contribution in [0, 0.1) is 6.92 Å². The number of aryl methyl sites for hydroxylation is 1. The molecule has 0 saturated carbocycles. The number of nitrogens with one attached hydrogen (secondary N) is 1. The molecule has 0 aliphatic carbocycles. The van der Waals surface area contributed by atoms with E-state index >= 15 is 0 Å². The lowest BCUT2D eigenvalue weighted by Crippen LogP contribution is -2.42. The number of benzene rings is 1. The van der Waals surface area contributed by atoms with E-state index in [2.05, 4.69) is 5.32 Å². The molecule has 1 aromatic carbocycles. The minimum Gasteiger partial charge on any atom is -0.319 e. The van der Waals surface area contributed by atoms with E-state index in [0.29, 0.717) is 5.56 Å². The average Bonchev–Trinajstić information content (AvgIpc) is 2.82. The van der Waals surface area contributed by atoms with Crippen molar-refractivity contribution in [2.45, 2.75) is 25.9 Å². The van der Waals surface area contributed by atoms with Crippen molar-refractivity contribution < 1.29 is 9.59 Å². The van der Waals surface area contributed by atoms with E-state index in [9.17, 15) is 19.2 Å². The van der Waals surface area contributed by atoms with Gasteiger partial charge >= 0.3 is 11.7 Å². The zero-order chi connectivity index (χ0) is 19.2. The second kappa shape index (κ2) is 5.98. The Hall–Kier alpha value is -3.16. The third kappa shape index (κ3) is 2.63. The van der Waals surface area contributed by atoms with Crippen LogP contribution in [0.3, 0.4) is 0 Å². The van der Waals surface area contributed by atoms with Gasteiger partial charge in [-0.05, 0) is 19.4 Å². The fourth-order valence-electron chi connectivity index (χ4n) is 3.02. The largest absolute Gasteiger partial charge is 0.330 e. The number of hydrogen-bond acceptors (Lipinski definition) is 4. The van der Waals surface area contributed by atoms with Crippen molar-refractivity contribution in [1.82, 2.24) is 19.4 Å². The Kier molecular flexibility index (Phi) is 4.06. The van der Waals surface area contributed by atoms with Crippen LogP contribution in [0.2, 0.25) is 0 Å². The molecule has 1 aromatic heterocycles. The molecule has 0 radical (unpaired) electrons. The van der Waals surface area contributed by atoms with Crippen molar-refractivity contribution in [3.63, 3.8) is 0 Å². The number of imide groups is 1. The maximum absolute atomic E-state index is 12.9. The summed E-state index contributed by atoms with van der Waals surface area (Å²) in [6.07, 6.45) is 0. The van der Waals surface area contributed by atoms with Crippen LogP contribution in [0.5, 0.6) is 0 Å². The summed E-state index contributed by atoms with van der Waals surface area (Å²) in [6.45, 7) is 3.42. The van der Waals surface area contributed by atoms with E-state index in [-0.39, 0.29) is 12.2 Å². The van der Waals surface area contributed by atoms with E-state index in [1.807, 2.05) is 19.1 Å². The van der Waals surface area contributed by atoms with Gasteiger partial charge < -0.3 is 5.32 Å². The van der Waals surface area contributed by atoms with Gasteiger partial charge in [0.25, 0.3) is 11.5 Å². The van der Waals surface area contributed by atoms with Crippen molar-refractivity contribution in [2.24, 2.45) is 14.1 Å². The highest BCUT2D eigenvalue weighted by atomic mass is 16.2. The zero-order valence-electron chi connectivity index (χ0n) is 15.1. The summed E-state index contributed by atoms with van der Waals surface area (Å²) in [7, 11) is 2.87. The Morgan fingerprint density at radius 3 is 2.23 bits per heavy atom. The van der Waals surface area contributed by atoms with Gasteiger partial charge in [0.2, 0.25) is 0 Å². The van der Waals surface area contributed by atoms with Crippen LogP contribution in [0.1, 0.15) is 23.7 Å². The standard InChI is InChI=1S/C18H20N4O4/c1-11-5-7-12(8-6-11)18(2)15(24)22(16(25)19-18)10-13-9-14(23)21(4)17(26)20(13)3/h5-9H,10H2,1-4H3,(H,19,25)/t18-/m1/s1. The molecule has 2 aromatic rings. The minimum atomic E-state index is -1.19. The highest BCUT2D eigenvalue weighted by molar-refractivity contribution is 6.07. The number of carbonyl (C=O) groups is 2. The van der Waals surface area contributed by atoms with Crippen molar-refractivity contribution in [3.05, 3.63) is 68.0 Å². The lowest BCUT2D eigenvalue weighted by Gasteiger charge is -2.22. The topological polar surface area (TPSA) is 93.4 Å². The number of hydrogen-bond donors (Lipinski definition) is 1. The summed E-state index contributed by atoms with van der Waals surface area (Å²) < 4.78 is 2.22. The van der Waals surface area contributed by atoms with Gasteiger partial charge in [0, 0.05) is 25.9 Å². The number of nitrogens with zero attached hydrogens (tertiary/aromatic N) is 3. The molecule has 0 spiro atoms. The average molecular weight is 356 g/mol. The van der Waals surface area contributed by atoms with E-state index in [4.69, 9.17) is 0 Å². The van der Waals surface area contributed by atoms with Crippen LogP contribution in [0.4, 0.5) is 4.79 Å². The minimum absolute atomic E-state index is 0.159. The van der Waals surface area contributed by atoms with E-state index in [0.717, 1.165) is 15.0 Å². The first kappa shape index (κ1) is 17.7. The molecule has 1 aliphatic rings. The molecule has 0 bridgehead atoms. The van der Waals surface area contributed by atoms with Crippen LogP contribution >= 0.6 is 0 Å². The molecule has 1 fully saturated rings. The Bertz CT molecular complexity index is 1020. The van der Waals surface area contributed by atoms with Gasteiger partial charge in [-0.15, -0.1) is 0 Å². The van der Waals surface area contributed by atoms with E-state index < -0.39 is 28.7 Å². The van der Waals surface area contributed by atoms with Crippen LogP contribution in [0.15, 0.2) is 39.9 Å². The molecule has 136 valence electrons. The zero-order valence-corrected chi connectivity index (χ0v) is 15.1. The maximum Gasteiger partial charge on any atom is 0.330 e. The highest BCUT2D eigenvalue weighted by Gasteiger charge is 2.49. The van der Waals surface area contributed by atoms with E-state index in [1.165, 1.54) is 24.7 Å². The molecular formula is C18H20N4O4. The molecule has 26 heavy (non-hydrogen) atoms. The van der Waals surface area contributed by atoms with Gasteiger partial charge in [-0.2, -0.15) is 0 Å². The first-order chi connectivity index (χ1) is 12.1. The normalized spacial score (nSPS) is 19.8. The smallest absolute Gasteiger partial charge is 0.319 e. The molecule has 8 heteroatoms. The third-order valence-electron chi connectivity index (χ3n) is 4.85. The predicted molar refractivity (Wildman–Crippen MR) is 94.5 cm³/mol. The molecule has 0 unspecified atom stereocenters. The van der Waals surface area contributed by atoms with Gasteiger partial charge in [0.15, 0.2) is 0 Å². The van der Waals surface area contributed by atoms with Gasteiger partial charge in [0.05, 0.1) is 6.54 Å². The van der Waals surface area contributed by atoms with Crippen molar-refractivity contribution >= 4 is 11.9 Å². The van der Waals surface area contributed by atoms with Crippen molar-refractivity contribution in [1.29, 1.82) is 0 Å². The number of rotatable bonds is 3. The first-order valence-corrected chi connectivity index (χ1v) is 8.12. The Morgan fingerprint density at radius 2 is 1.62 bits per heavy atom. The second-order valence-corrected chi connectivity index (χ2v) is 6.69. The Labute approximate surface area is 149 Å². The van der Waals surface area contributed by atoms with Gasteiger partial charge in [-0.3, -0.25) is 23.6 Å². The quantitative estimate of drug-likeness (QED) is 0.804. The number of carbonyl (C=O) groups excluding carboxylic acids is 2. The van der Waals surface area contributed by atoms with Crippen molar-refractivity contribution in [3.8, 4) is 0 Å². The lowest BCUT2D eigenvalue weighted by molar-refractivity contribution is -0.131. The molecule has 8 nitrogen and oxygen atoms in total. The molecule has 3 amide bonds. The summed E-state index contributed by atoms with van der Waals surface area (Å²) in [6, 6.07) is 8.02. The van der Waals surface area contributed by atoms with Gasteiger partial charge in [0.1, 0.15) is 5.54 Å². The van der Waals surface area contributed by atoms with Crippen LogP contribution < -0.4 is 16.6 Å². The summed E-state index contributed by atoms with van der Waals surface area (Å²) in [5, 5.41) is 2.71. The summed E-state index contributed by atoms with van der Waals surface area (Å²) in [5.41, 5.74) is -0.196. The fourth-order valence-corrected chi connectivity index (χ4v) is 3.02. The molecule has 1 aliphatic heterocycles. The fraction of sp³-hybridized carbons (Fsp3) is 0.333. The highest BCUT2D eigenvalue weighted by Crippen LogP contribution is 2.29. The molecule has 1 atom stereocenters. The number of amides is 3. The SMILES string of the molecule is Cc1ccc([C@@]2(C)NC(=O)N(Cc3cc(=O)n(C)c(=O)n3C)C2=O)cc1. The number of aromatic nitrogens is 2. The summed E-state index contributed by atoms with van der Waals surface area (Å²) in [4.78, 5) is 50.3. The molecule has 1 N–H and O–H groups in total. The Morgan fingerprint density at radius 1 is 1.00 bits per heavy atom. The first-order valence-electron chi connectivity index (χ1n) is 8.12. The molecule has 3 rings (SSSR count). The van der Waals surface area contributed by atoms with E-state index in [1.54, 1.807) is 19.1 Å². The maximum atomic E-state index is 12.9. The molecule has 2 heterocycles. The van der Waals surface area contributed by atoms with Crippen LogP contribution in [-0.2, 0) is 31.0 Å². The lowest BCUT2D eigenvalue weighted by atomic mass is 9.91. The Balaban J connectivity index is 1.97.